The van der Waals surface area contributed by atoms with E-state index in [4.69, 9.17) is 4.74 Å². The second-order valence-electron chi connectivity index (χ2n) is 9.93. The summed E-state index contributed by atoms with van der Waals surface area (Å²) in [6.45, 7) is 5.69. The molecule has 2 aliphatic rings. The van der Waals surface area contributed by atoms with Gasteiger partial charge in [0.2, 0.25) is 5.91 Å². The molecule has 0 radical (unpaired) electrons. The predicted molar refractivity (Wildman–Crippen MR) is 134 cm³/mol. The number of likely N-dealkylation sites (tertiary alicyclic amines) is 1. The summed E-state index contributed by atoms with van der Waals surface area (Å²) in [7, 11) is 0. The molecule has 0 atom stereocenters. The molecule has 3 heterocycles. The third-order valence-electron chi connectivity index (χ3n) is 7.12. The number of amides is 2. The molecule has 182 valence electrons. The Labute approximate surface area is 206 Å². The lowest BCUT2D eigenvalue weighted by molar-refractivity contribution is -0.133. The van der Waals surface area contributed by atoms with Gasteiger partial charge in [-0.15, -0.1) is 0 Å². The van der Waals surface area contributed by atoms with Gasteiger partial charge in [-0.25, -0.2) is 0 Å². The first-order chi connectivity index (χ1) is 16.9. The Hall–Kier alpha value is -3.61. The maximum atomic E-state index is 13.6. The number of ether oxygens (including phenoxy) is 1. The summed E-state index contributed by atoms with van der Waals surface area (Å²) in [4.78, 5) is 28.5. The Kier molecular flexibility index (Phi) is 6.32. The van der Waals surface area contributed by atoms with Gasteiger partial charge in [0.25, 0.3) is 5.91 Å². The molecule has 0 aliphatic carbocycles. The predicted octanol–water partition coefficient (Wildman–Crippen LogP) is 4.39. The number of nitrogens with zero attached hydrogens (tertiary/aromatic N) is 3. The number of benzene rings is 2. The lowest BCUT2D eigenvalue weighted by atomic mass is 9.72. The zero-order chi connectivity index (χ0) is 24.4. The SMILES string of the molecule is CC(C)n1ccc(C(=O)N2CCC3(CC2)Cc2cccc(c2)Oc2cccc(c2)CCNC3=O)n1. The Balaban J connectivity index is 1.37. The van der Waals surface area contributed by atoms with Crippen LogP contribution in [0.1, 0.15) is 54.3 Å². The summed E-state index contributed by atoms with van der Waals surface area (Å²) in [6, 6.07) is 18.0. The number of piperidine rings is 1. The molecule has 1 fully saturated rings. The lowest BCUT2D eigenvalue weighted by Crippen LogP contribution is -2.51. The maximum absolute atomic E-state index is 13.6. The van der Waals surface area contributed by atoms with E-state index in [1.165, 1.54) is 0 Å². The van der Waals surface area contributed by atoms with Gasteiger partial charge >= 0.3 is 0 Å². The number of nitrogens with one attached hydrogen (secondary N) is 1. The molecule has 0 saturated carbocycles. The topological polar surface area (TPSA) is 76.5 Å². The minimum atomic E-state index is -0.570. The van der Waals surface area contributed by atoms with Crippen LogP contribution < -0.4 is 10.1 Å². The van der Waals surface area contributed by atoms with Gasteiger partial charge in [-0.3, -0.25) is 14.3 Å². The zero-order valence-electron chi connectivity index (χ0n) is 20.4. The Morgan fingerprint density at radius 3 is 2.40 bits per heavy atom. The van der Waals surface area contributed by atoms with Crippen LogP contribution in [0.25, 0.3) is 0 Å². The van der Waals surface area contributed by atoms with Gasteiger partial charge in [0.05, 0.1) is 5.41 Å². The number of aromatic nitrogens is 2. The third kappa shape index (κ3) is 4.94. The summed E-state index contributed by atoms with van der Waals surface area (Å²) < 4.78 is 7.92. The van der Waals surface area contributed by atoms with Gasteiger partial charge in [0, 0.05) is 31.9 Å². The lowest BCUT2D eigenvalue weighted by Gasteiger charge is -2.40. The van der Waals surface area contributed by atoms with E-state index < -0.39 is 5.41 Å². The fourth-order valence-corrected chi connectivity index (χ4v) is 5.04. The molecule has 2 amide bonds. The van der Waals surface area contributed by atoms with Crippen molar-refractivity contribution in [1.82, 2.24) is 20.0 Å². The molecular formula is C28H32N4O3. The highest BCUT2D eigenvalue weighted by Crippen LogP contribution is 2.37. The van der Waals surface area contributed by atoms with Gasteiger partial charge < -0.3 is 15.0 Å². The van der Waals surface area contributed by atoms with Crippen molar-refractivity contribution < 1.29 is 14.3 Å². The fraction of sp³-hybridized carbons (Fsp3) is 0.393. The van der Waals surface area contributed by atoms with Crippen LogP contribution in [0, 0.1) is 5.41 Å². The van der Waals surface area contributed by atoms with Crippen molar-refractivity contribution in [1.29, 1.82) is 0 Å². The Morgan fingerprint density at radius 2 is 1.71 bits per heavy atom. The molecule has 7 heteroatoms. The Bertz CT molecular complexity index is 1220. The van der Waals surface area contributed by atoms with Crippen molar-refractivity contribution in [3.63, 3.8) is 0 Å². The number of carbonyl (C=O) groups excluding carboxylic acids is 2. The van der Waals surface area contributed by atoms with Gasteiger partial charge in [0.1, 0.15) is 17.2 Å². The van der Waals surface area contributed by atoms with Crippen molar-refractivity contribution >= 4 is 11.8 Å². The molecule has 5 rings (SSSR count). The largest absolute Gasteiger partial charge is 0.457 e. The van der Waals surface area contributed by atoms with E-state index in [9.17, 15) is 9.59 Å². The quantitative estimate of drug-likeness (QED) is 0.600. The van der Waals surface area contributed by atoms with Crippen LogP contribution in [-0.4, -0.2) is 46.1 Å². The second kappa shape index (κ2) is 9.56. The van der Waals surface area contributed by atoms with Crippen molar-refractivity contribution in [2.75, 3.05) is 19.6 Å². The van der Waals surface area contributed by atoms with Crippen molar-refractivity contribution in [2.24, 2.45) is 5.41 Å². The van der Waals surface area contributed by atoms with Gasteiger partial charge in [-0.1, -0.05) is 24.3 Å². The number of rotatable bonds is 2. The highest BCUT2D eigenvalue weighted by Gasteiger charge is 2.42. The van der Waals surface area contributed by atoms with Crippen LogP contribution in [0.3, 0.4) is 0 Å². The van der Waals surface area contributed by atoms with Gasteiger partial charge in [-0.2, -0.15) is 5.10 Å². The smallest absolute Gasteiger partial charge is 0.274 e. The molecule has 2 aliphatic heterocycles. The van der Waals surface area contributed by atoms with Crippen molar-refractivity contribution in [2.45, 2.75) is 45.6 Å². The molecule has 1 N–H and O–H groups in total. The summed E-state index contributed by atoms with van der Waals surface area (Å²) >= 11 is 0. The minimum absolute atomic E-state index is 0.0652. The van der Waals surface area contributed by atoms with E-state index in [0.717, 1.165) is 29.0 Å². The van der Waals surface area contributed by atoms with E-state index in [1.54, 1.807) is 10.7 Å². The Morgan fingerprint density at radius 1 is 1.03 bits per heavy atom. The molecule has 1 saturated heterocycles. The zero-order valence-corrected chi connectivity index (χ0v) is 20.4. The first kappa shape index (κ1) is 23.1. The molecule has 7 nitrogen and oxygen atoms in total. The van der Waals surface area contributed by atoms with Crippen LogP contribution in [0.2, 0.25) is 0 Å². The monoisotopic (exact) mass is 472 g/mol. The van der Waals surface area contributed by atoms with Gasteiger partial charge in [0.15, 0.2) is 0 Å². The van der Waals surface area contributed by atoms with Crippen LogP contribution in [-0.2, 0) is 17.6 Å². The van der Waals surface area contributed by atoms with Crippen LogP contribution >= 0.6 is 0 Å². The summed E-state index contributed by atoms with van der Waals surface area (Å²) in [5, 5.41) is 7.63. The van der Waals surface area contributed by atoms with Crippen LogP contribution in [0.4, 0.5) is 0 Å². The summed E-state index contributed by atoms with van der Waals surface area (Å²) in [5.41, 5.74) is 2.07. The van der Waals surface area contributed by atoms with E-state index in [0.29, 0.717) is 44.6 Å². The van der Waals surface area contributed by atoms with E-state index in [2.05, 4.69) is 16.5 Å². The highest BCUT2D eigenvalue weighted by atomic mass is 16.5. The molecule has 35 heavy (non-hydrogen) atoms. The molecule has 1 spiro atoms. The van der Waals surface area contributed by atoms with E-state index in [-0.39, 0.29) is 17.9 Å². The number of carbonyl (C=O) groups is 2. The minimum Gasteiger partial charge on any atom is -0.457 e. The second-order valence-corrected chi connectivity index (χ2v) is 9.93. The normalized spacial score (nSPS) is 17.7. The summed E-state index contributed by atoms with van der Waals surface area (Å²) in [5.74, 6) is 1.56. The number of hydrogen-bond donors (Lipinski definition) is 1. The third-order valence-corrected chi connectivity index (χ3v) is 7.12. The number of hydrogen-bond acceptors (Lipinski definition) is 4. The molecular weight excluding hydrogens is 440 g/mol. The maximum Gasteiger partial charge on any atom is 0.274 e. The van der Waals surface area contributed by atoms with E-state index in [1.807, 2.05) is 67.4 Å². The average Bonchev–Trinajstić information content (AvgIpc) is 3.35. The van der Waals surface area contributed by atoms with E-state index >= 15 is 0 Å². The van der Waals surface area contributed by atoms with Crippen LogP contribution in [0.15, 0.2) is 60.8 Å². The first-order valence-electron chi connectivity index (χ1n) is 12.4. The fourth-order valence-electron chi connectivity index (χ4n) is 5.04. The molecule has 4 bridgehead atoms. The van der Waals surface area contributed by atoms with Crippen molar-refractivity contribution in [3.05, 3.63) is 77.6 Å². The highest BCUT2D eigenvalue weighted by molar-refractivity contribution is 5.92. The van der Waals surface area contributed by atoms with Gasteiger partial charge in [-0.05, 0) is 81.0 Å². The molecule has 1 aromatic heterocycles. The first-order valence-corrected chi connectivity index (χ1v) is 12.4. The molecule has 2 aromatic carbocycles. The van der Waals surface area contributed by atoms with Crippen molar-refractivity contribution in [3.8, 4) is 11.5 Å². The summed E-state index contributed by atoms with van der Waals surface area (Å²) in [6.07, 6.45) is 4.40. The molecule has 0 unspecified atom stereocenters. The number of fused-ring (bicyclic) bond motifs is 4. The average molecular weight is 473 g/mol. The van der Waals surface area contributed by atoms with Crippen LogP contribution in [0.5, 0.6) is 11.5 Å². The molecule has 3 aromatic rings. The standard InChI is InChI=1S/C28H32N4O3/c1-20(2)32-14-10-25(30-32)26(33)31-15-11-28(12-16-31)19-22-6-4-8-24(18-22)35-23-7-3-5-21(17-23)9-13-29-27(28)34/h3-8,10,14,17-18,20H,9,11-13,15-16,19H2,1-2H3,(H,29,34).